The van der Waals surface area contributed by atoms with Crippen LogP contribution in [0.2, 0.25) is 0 Å². The average molecular weight is 370 g/mol. The van der Waals surface area contributed by atoms with Crippen LogP contribution in [0.3, 0.4) is 0 Å². The first-order valence-corrected chi connectivity index (χ1v) is 9.28. The second-order valence-corrected chi connectivity index (χ2v) is 7.44. The number of hydrogen-bond donors (Lipinski definition) is 1. The summed E-state index contributed by atoms with van der Waals surface area (Å²) in [6.07, 6.45) is 0. The zero-order chi connectivity index (χ0) is 18.5. The molecule has 0 spiro atoms. The second-order valence-electron chi connectivity index (χ2n) is 6.02. The van der Waals surface area contributed by atoms with Crippen LogP contribution in [-0.4, -0.2) is 37.0 Å². The number of nitrogens with zero attached hydrogens (tertiary/aromatic N) is 1. The van der Waals surface area contributed by atoms with Gasteiger partial charge in [-0.15, -0.1) is 0 Å². The van der Waals surface area contributed by atoms with Gasteiger partial charge in [-0.2, -0.15) is 0 Å². The first-order chi connectivity index (χ1) is 12.6. The summed E-state index contributed by atoms with van der Waals surface area (Å²) in [5.41, 5.74) is 1.49. The molecular weight excluding hydrogens is 348 g/mol. The molecule has 0 amide bonds. The molecule has 0 aromatic heterocycles. The maximum Gasteiger partial charge on any atom is 0.189 e. The third-order valence-electron chi connectivity index (χ3n) is 4.16. The average Bonchev–Trinajstić information content (AvgIpc) is 3.10. The quantitative estimate of drug-likeness (QED) is 0.786. The Balaban J connectivity index is 1.88. The minimum absolute atomic E-state index is 0.0133. The molecule has 0 radical (unpaired) electrons. The van der Waals surface area contributed by atoms with Crippen LogP contribution in [0, 0.1) is 0 Å². The summed E-state index contributed by atoms with van der Waals surface area (Å²) in [7, 11) is 3.23. The van der Waals surface area contributed by atoms with Crippen LogP contribution >= 0.6 is 11.8 Å². The number of amidine groups is 1. The van der Waals surface area contributed by atoms with Crippen LogP contribution in [0.4, 0.5) is 0 Å². The number of nitrogens with one attached hydrogen (secondary N) is 1. The minimum Gasteiger partial charge on any atom is -0.497 e. The van der Waals surface area contributed by atoms with E-state index in [4.69, 9.17) is 9.47 Å². The van der Waals surface area contributed by atoms with Gasteiger partial charge in [0.1, 0.15) is 17.5 Å². The first-order valence-electron chi connectivity index (χ1n) is 8.40. The molecular formula is C20H22N2O3S. The maximum atomic E-state index is 13.2. The summed E-state index contributed by atoms with van der Waals surface area (Å²) in [6, 6.07) is 14.2. The Morgan fingerprint density at radius 1 is 1.08 bits per heavy atom. The molecule has 1 heterocycles. The molecule has 2 aromatic carbocycles. The molecule has 2 atom stereocenters. The van der Waals surface area contributed by atoms with Gasteiger partial charge >= 0.3 is 0 Å². The van der Waals surface area contributed by atoms with Gasteiger partial charge in [0, 0.05) is 10.8 Å². The monoisotopic (exact) mass is 370 g/mol. The Morgan fingerprint density at radius 3 is 2.15 bits per heavy atom. The molecule has 136 valence electrons. The van der Waals surface area contributed by atoms with Gasteiger partial charge in [0.15, 0.2) is 11.0 Å². The number of carbonyl (C=O) groups excluding carboxylic acids is 1. The molecule has 0 saturated carbocycles. The first kappa shape index (κ1) is 18.3. The molecule has 1 N–H and O–H groups in total. The van der Waals surface area contributed by atoms with E-state index < -0.39 is 6.04 Å². The van der Waals surface area contributed by atoms with E-state index in [2.05, 4.69) is 17.2 Å². The van der Waals surface area contributed by atoms with Crippen molar-refractivity contribution in [2.75, 3.05) is 20.8 Å². The second kappa shape index (κ2) is 8.27. The Bertz CT molecular complexity index is 788. The fourth-order valence-electron chi connectivity index (χ4n) is 2.70. The molecule has 1 aliphatic rings. The standard InChI is InChI=1S/C20H22N2O3S/c1-13-12-21-20(26-13)22-18(14-4-8-16(24-2)9-5-14)19(23)15-6-10-17(25-3)11-7-15/h4-11,13,18H,12H2,1-3H3,(H,21,22). The number of ketones is 1. The van der Waals surface area contributed by atoms with Crippen LogP contribution < -0.4 is 14.8 Å². The van der Waals surface area contributed by atoms with E-state index in [0.717, 1.165) is 28.8 Å². The van der Waals surface area contributed by atoms with Crippen LogP contribution in [-0.2, 0) is 0 Å². The van der Waals surface area contributed by atoms with E-state index in [1.165, 1.54) is 0 Å². The number of thioether (sulfide) groups is 1. The number of ether oxygens (including phenoxy) is 2. The number of Topliss-reactive ketones (excluding diaryl/α,β-unsaturated/α-hetero) is 1. The van der Waals surface area contributed by atoms with Crippen LogP contribution in [0.5, 0.6) is 11.5 Å². The molecule has 0 bridgehead atoms. The number of methoxy groups -OCH3 is 2. The van der Waals surface area contributed by atoms with Crippen molar-refractivity contribution in [3.05, 3.63) is 59.7 Å². The Morgan fingerprint density at radius 2 is 1.65 bits per heavy atom. The summed E-state index contributed by atoms with van der Waals surface area (Å²) in [6.45, 7) is 2.88. The summed E-state index contributed by atoms with van der Waals surface area (Å²) in [5, 5.41) is 4.55. The predicted molar refractivity (Wildman–Crippen MR) is 106 cm³/mol. The van der Waals surface area contributed by atoms with E-state index >= 15 is 0 Å². The van der Waals surface area contributed by atoms with Crippen molar-refractivity contribution >= 4 is 22.7 Å². The van der Waals surface area contributed by atoms with E-state index in [-0.39, 0.29) is 5.78 Å². The zero-order valence-electron chi connectivity index (χ0n) is 15.1. The Kier molecular flexibility index (Phi) is 5.83. The van der Waals surface area contributed by atoms with Gasteiger partial charge in [-0.3, -0.25) is 9.79 Å². The summed E-state index contributed by atoms with van der Waals surface area (Å²) < 4.78 is 10.4. The number of aliphatic imine (C=N–C) groups is 1. The zero-order valence-corrected chi connectivity index (χ0v) is 15.9. The Hall–Kier alpha value is -2.47. The predicted octanol–water partition coefficient (Wildman–Crippen LogP) is 3.71. The topological polar surface area (TPSA) is 59.9 Å². The molecule has 0 fully saturated rings. The third-order valence-corrected chi connectivity index (χ3v) is 5.18. The lowest BCUT2D eigenvalue weighted by molar-refractivity contribution is 0.0953. The summed E-state index contributed by atoms with van der Waals surface area (Å²) in [4.78, 5) is 17.7. The third kappa shape index (κ3) is 4.19. The lowest BCUT2D eigenvalue weighted by Gasteiger charge is -2.19. The van der Waals surface area contributed by atoms with Crippen molar-refractivity contribution in [3.63, 3.8) is 0 Å². The van der Waals surface area contributed by atoms with Gasteiger partial charge in [0.25, 0.3) is 0 Å². The van der Waals surface area contributed by atoms with Crippen molar-refractivity contribution in [1.29, 1.82) is 0 Å². The van der Waals surface area contributed by atoms with Crippen LogP contribution in [0.15, 0.2) is 53.5 Å². The molecule has 5 nitrogen and oxygen atoms in total. The normalized spacial score (nSPS) is 17.3. The van der Waals surface area contributed by atoms with Crippen molar-refractivity contribution < 1.29 is 14.3 Å². The van der Waals surface area contributed by atoms with Gasteiger partial charge in [-0.05, 0) is 42.0 Å². The van der Waals surface area contributed by atoms with Gasteiger partial charge in [0.05, 0.1) is 20.8 Å². The number of carbonyl (C=O) groups is 1. The van der Waals surface area contributed by atoms with Gasteiger partial charge in [-0.25, -0.2) is 0 Å². The lowest BCUT2D eigenvalue weighted by atomic mass is 9.97. The van der Waals surface area contributed by atoms with Crippen molar-refractivity contribution in [2.45, 2.75) is 18.2 Å². The molecule has 1 aliphatic heterocycles. The smallest absolute Gasteiger partial charge is 0.189 e. The molecule has 3 rings (SSSR count). The fraction of sp³-hybridized carbons (Fsp3) is 0.300. The summed E-state index contributed by atoms with van der Waals surface area (Å²) in [5.74, 6) is 1.46. The van der Waals surface area contributed by atoms with Crippen molar-refractivity contribution in [1.82, 2.24) is 5.32 Å². The molecule has 2 unspecified atom stereocenters. The molecule has 26 heavy (non-hydrogen) atoms. The highest BCUT2D eigenvalue weighted by Crippen LogP contribution is 2.26. The van der Waals surface area contributed by atoms with Crippen molar-refractivity contribution in [3.8, 4) is 11.5 Å². The number of hydrogen-bond acceptors (Lipinski definition) is 6. The highest BCUT2D eigenvalue weighted by Gasteiger charge is 2.26. The molecule has 2 aromatic rings. The van der Waals surface area contributed by atoms with E-state index in [9.17, 15) is 4.79 Å². The fourth-order valence-corrected chi connectivity index (χ4v) is 3.56. The van der Waals surface area contributed by atoms with E-state index in [1.54, 1.807) is 50.2 Å². The number of rotatable bonds is 6. The van der Waals surface area contributed by atoms with Gasteiger partial charge in [0.2, 0.25) is 0 Å². The number of benzene rings is 2. The van der Waals surface area contributed by atoms with E-state index in [0.29, 0.717) is 10.8 Å². The highest BCUT2D eigenvalue weighted by atomic mass is 32.2. The van der Waals surface area contributed by atoms with E-state index in [1.807, 2.05) is 24.3 Å². The largest absolute Gasteiger partial charge is 0.497 e. The maximum absolute atomic E-state index is 13.2. The SMILES string of the molecule is COc1ccc(C(=O)C(NC2=NCC(C)S2)c2ccc(OC)cc2)cc1. The minimum atomic E-state index is -0.508. The van der Waals surface area contributed by atoms with Gasteiger partial charge in [-0.1, -0.05) is 30.8 Å². The molecule has 0 saturated heterocycles. The highest BCUT2D eigenvalue weighted by molar-refractivity contribution is 8.14. The van der Waals surface area contributed by atoms with Crippen LogP contribution in [0.1, 0.15) is 28.9 Å². The van der Waals surface area contributed by atoms with Gasteiger partial charge < -0.3 is 14.8 Å². The van der Waals surface area contributed by atoms with Crippen LogP contribution in [0.25, 0.3) is 0 Å². The Labute approximate surface area is 157 Å². The molecule has 0 aliphatic carbocycles. The van der Waals surface area contributed by atoms with Crippen molar-refractivity contribution in [2.24, 2.45) is 4.99 Å². The summed E-state index contributed by atoms with van der Waals surface area (Å²) >= 11 is 1.66. The lowest BCUT2D eigenvalue weighted by Crippen LogP contribution is -2.32. The molecule has 6 heteroatoms.